The molecule has 0 aromatic carbocycles. The average Bonchev–Trinajstić information content (AvgIpc) is 2.89. The maximum absolute atomic E-state index is 10.7. The topological polar surface area (TPSA) is 49.8 Å². The molecule has 2 saturated heterocycles. The largest absolute Gasteiger partial charge is 0.481 e. The number of hydrogen-bond acceptors (Lipinski definition) is 3. The van der Waals surface area contributed by atoms with Crippen LogP contribution in [-0.4, -0.2) is 47.8 Å². The number of carbonyl (C=O) groups is 1. The summed E-state index contributed by atoms with van der Waals surface area (Å²) in [6, 6.07) is 0.997. The van der Waals surface area contributed by atoms with Gasteiger partial charge in [-0.1, -0.05) is 6.42 Å². The Hall–Kier alpha value is -0.610. The van der Waals surface area contributed by atoms with Crippen molar-refractivity contribution in [2.45, 2.75) is 57.5 Å². The van der Waals surface area contributed by atoms with Crippen molar-refractivity contribution in [1.29, 1.82) is 0 Å². The van der Waals surface area contributed by atoms with Crippen LogP contribution in [0.1, 0.15) is 45.4 Å². The van der Waals surface area contributed by atoms with Crippen LogP contribution in [-0.2, 0) is 9.53 Å². The van der Waals surface area contributed by atoms with Crippen LogP contribution in [0.5, 0.6) is 0 Å². The molecule has 18 heavy (non-hydrogen) atoms. The molecule has 2 heterocycles. The van der Waals surface area contributed by atoms with E-state index in [-0.39, 0.29) is 0 Å². The Morgan fingerprint density at radius 2 is 2.28 bits per heavy atom. The van der Waals surface area contributed by atoms with E-state index in [1.807, 2.05) is 0 Å². The zero-order valence-corrected chi connectivity index (χ0v) is 11.3. The Labute approximate surface area is 109 Å². The van der Waals surface area contributed by atoms with Crippen LogP contribution in [0, 0.1) is 5.92 Å². The summed E-state index contributed by atoms with van der Waals surface area (Å²) in [4.78, 5) is 13.3. The number of likely N-dealkylation sites (tertiary alicyclic amines) is 1. The van der Waals surface area contributed by atoms with Crippen molar-refractivity contribution in [1.82, 2.24) is 4.90 Å². The number of hydrogen-bond donors (Lipinski definition) is 1. The van der Waals surface area contributed by atoms with Gasteiger partial charge in [-0.05, 0) is 45.1 Å². The molecule has 2 rings (SSSR count). The second kappa shape index (κ2) is 6.53. The molecule has 4 heteroatoms. The van der Waals surface area contributed by atoms with Gasteiger partial charge in [-0.25, -0.2) is 0 Å². The molecule has 4 nitrogen and oxygen atoms in total. The van der Waals surface area contributed by atoms with Crippen LogP contribution in [0.25, 0.3) is 0 Å². The van der Waals surface area contributed by atoms with Crippen molar-refractivity contribution >= 4 is 5.97 Å². The van der Waals surface area contributed by atoms with Gasteiger partial charge in [-0.3, -0.25) is 9.69 Å². The zero-order chi connectivity index (χ0) is 13.0. The predicted molar refractivity (Wildman–Crippen MR) is 69.6 cm³/mol. The molecule has 0 spiro atoms. The first kappa shape index (κ1) is 13.8. The van der Waals surface area contributed by atoms with Gasteiger partial charge in [0.2, 0.25) is 0 Å². The molecule has 0 aliphatic carbocycles. The fourth-order valence-corrected chi connectivity index (χ4v) is 3.36. The lowest BCUT2D eigenvalue weighted by atomic mass is 9.91. The number of ether oxygens (including phenoxy) is 1. The molecule has 3 unspecified atom stereocenters. The third kappa shape index (κ3) is 3.45. The highest BCUT2D eigenvalue weighted by Crippen LogP contribution is 2.28. The predicted octanol–water partition coefficient (Wildman–Crippen LogP) is 2.13. The smallest absolute Gasteiger partial charge is 0.303 e. The minimum Gasteiger partial charge on any atom is -0.481 e. The summed E-state index contributed by atoms with van der Waals surface area (Å²) < 4.78 is 5.48. The second-order valence-corrected chi connectivity index (χ2v) is 5.68. The molecule has 0 saturated carbocycles. The van der Waals surface area contributed by atoms with E-state index >= 15 is 0 Å². The Balaban J connectivity index is 1.91. The maximum Gasteiger partial charge on any atom is 0.303 e. The van der Waals surface area contributed by atoms with E-state index in [2.05, 4.69) is 11.8 Å². The molecule has 0 aromatic rings. The maximum atomic E-state index is 10.7. The lowest BCUT2D eigenvalue weighted by Crippen LogP contribution is -2.48. The highest BCUT2D eigenvalue weighted by Gasteiger charge is 2.32. The van der Waals surface area contributed by atoms with Gasteiger partial charge in [0, 0.05) is 25.1 Å². The van der Waals surface area contributed by atoms with Gasteiger partial charge in [-0.15, -0.1) is 0 Å². The minimum absolute atomic E-state index is 0.301. The van der Waals surface area contributed by atoms with Gasteiger partial charge in [0.15, 0.2) is 0 Å². The van der Waals surface area contributed by atoms with Gasteiger partial charge in [0.25, 0.3) is 0 Å². The molecule has 1 N–H and O–H groups in total. The number of nitrogens with zero attached hydrogens (tertiary/aromatic N) is 1. The van der Waals surface area contributed by atoms with Crippen LogP contribution in [0.15, 0.2) is 0 Å². The summed E-state index contributed by atoms with van der Waals surface area (Å²) in [5.74, 6) is -0.0344. The molecular weight excluding hydrogens is 230 g/mol. The summed E-state index contributed by atoms with van der Waals surface area (Å²) in [5, 5.41) is 8.84. The number of carboxylic acids is 1. The van der Waals surface area contributed by atoms with Gasteiger partial charge in [0.1, 0.15) is 0 Å². The molecular formula is C14H25NO3. The summed E-state index contributed by atoms with van der Waals surface area (Å²) in [7, 11) is 0. The third-order valence-corrected chi connectivity index (χ3v) is 4.53. The Kier molecular flexibility index (Phi) is 5.01. The molecule has 2 aliphatic heterocycles. The van der Waals surface area contributed by atoms with Crippen molar-refractivity contribution in [3.63, 3.8) is 0 Å². The van der Waals surface area contributed by atoms with Gasteiger partial charge in [-0.2, -0.15) is 0 Å². The number of aliphatic carboxylic acids is 1. The van der Waals surface area contributed by atoms with E-state index < -0.39 is 5.97 Å². The standard InChI is InChI=1S/C14H25NO3/c1-11(12-7-9-18-10-12)15-8-3-2-4-13(15)5-6-14(16)17/h11-13H,2-10H2,1H3,(H,16,17). The quantitative estimate of drug-likeness (QED) is 0.817. The minimum atomic E-state index is -0.669. The SMILES string of the molecule is CC(C1CCOC1)N1CCCCC1CCC(=O)O. The van der Waals surface area contributed by atoms with E-state index in [4.69, 9.17) is 9.84 Å². The molecule has 2 aliphatic rings. The van der Waals surface area contributed by atoms with Crippen molar-refractivity contribution < 1.29 is 14.6 Å². The molecule has 3 atom stereocenters. The van der Waals surface area contributed by atoms with Crippen LogP contribution in [0.3, 0.4) is 0 Å². The number of piperidine rings is 1. The summed E-state index contributed by atoms with van der Waals surface area (Å²) >= 11 is 0. The first-order valence-corrected chi connectivity index (χ1v) is 7.23. The van der Waals surface area contributed by atoms with Crippen molar-refractivity contribution in [3.8, 4) is 0 Å². The molecule has 0 bridgehead atoms. The van der Waals surface area contributed by atoms with Gasteiger partial charge >= 0.3 is 5.97 Å². The molecule has 0 amide bonds. The van der Waals surface area contributed by atoms with Crippen LogP contribution >= 0.6 is 0 Å². The van der Waals surface area contributed by atoms with E-state index in [9.17, 15) is 4.79 Å². The van der Waals surface area contributed by atoms with E-state index in [1.165, 1.54) is 12.8 Å². The Bertz CT molecular complexity index is 276. The highest BCUT2D eigenvalue weighted by molar-refractivity contribution is 5.66. The fraction of sp³-hybridized carbons (Fsp3) is 0.929. The van der Waals surface area contributed by atoms with E-state index in [0.717, 1.165) is 39.0 Å². The lowest BCUT2D eigenvalue weighted by Gasteiger charge is -2.42. The summed E-state index contributed by atoms with van der Waals surface area (Å²) in [5.41, 5.74) is 0. The Morgan fingerprint density at radius 3 is 2.94 bits per heavy atom. The van der Waals surface area contributed by atoms with Crippen LogP contribution < -0.4 is 0 Å². The summed E-state index contributed by atoms with van der Waals surface area (Å²) in [6.45, 7) is 5.19. The van der Waals surface area contributed by atoms with E-state index in [1.54, 1.807) is 0 Å². The lowest BCUT2D eigenvalue weighted by molar-refractivity contribution is -0.137. The molecule has 104 valence electrons. The normalized spacial score (nSPS) is 31.4. The van der Waals surface area contributed by atoms with Gasteiger partial charge < -0.3 is 9.84 Å². The first-order valence-electron chi connectivity index (χ1n) is 7.23. The molecule has 0 radical (unpaired) electrons. The van der Waals surface area contributed by atoms with Crippen LogP contribution in [0.4, 0.5) is 0 Å². The summed E-state index contributed by atoms with van der Waals surface area (Å²) in [6.07, 6.45) is 5.91. The Morgan fingerprint density at radius 1 is 1.44 bits per heavy atom. The van der Waals surface area contributed by atoms with Gasteiger partial charge in [0.05, 0.1) is 6.61 Å². The average molecular weight is 255 g/mol. The monoisotopic (exact) mass is 255 g/mol. The van der Waals surface area contributed by atoms with Crippen LogP contribution in [0.2, 0.25) is 0 Å². The fourth-order valence-electron chi connectivity index (χ4n) is 3.36. The van der Waals surface area contributed by atoms with Crippen molar-refractivity contribution in [2.75, 3.05) is 19.8 Å². The highest BCUT2D eigenvalue weighted by atomic mass is 16.5. The number of rotatable bonds is 5. The third-order valence-electron chi connectivity index (χ3n) is 4.53. The molecule has 0 aromatic heterocycles. The second-order valence-electron chi connectivity index (χ2n) is 5.68. The molecule has 2 fully saturated rings. The van der Waals surface area contributed by atoms with Crippen molar-refractivity contribution in [3.05, 3.63) is 0 Å². The van der Waals surface area contributed by atoms with E-state index in [0.29, 0.717) is 24.4 Å². The van der Waals surface area contributed by atoms with Crippen molar-refractivity contribution in [2.24, 2.45) is 5.92 Å². The first-order chi connectivity index (χ1) is 8.68. The zero-order valence-electron chi connectivity index (χ0n) is 11.3. The number of carboxylic acid groups (broad SMARTS) is 1.